The summed E-state index contributed by atoms with van der Waals surface area (Å²) in [5, 5.41) is 23.6. The van der Waals surface area contributed by atoms with Crippen LogP contribution in [0.3, 0.4) is 0 Å². The maximum atomic E-state index is 13.7. The van der Waals surface area contributed by atoms with E-state index in [1.54, 1.807) is 54.6 Å². The number of aliphatic hydroxyl groups excluding tert-OH is 2. The number of amides is 2. The standard InChI is InChI=1S/C39H52N2O9/c1-3-5-9-17-39(18-10-6-4-2)49-34-26-31(37(45)41-27-28-12-11-14-30(24-28)36(44)40-19-20-42)25-33(35(34)50-39)48-38(46)32-15-8-7-13-29(32)16-22-47-23-21-43/h7-8,11-16,22,24,26,33-35,42-43H,3-6,9-10,17-21,23,25,27H2,1-2H3,(H,40,44)(H,41,45). The van der Waals surface area contributed by atoms with E-state index in [0.29, 0.717) is 35.1 Å². The fraction of sp³-hybridized carbons (Fsp3) is 0.513. The van der Waals surface area contributed by atoms with Crippen molar-refractivity contribution in [3.63, 3.8) is 0 Å². The molecule has 1 saturated heterocycles. The predicted octanol–water partition coefficient (Wildman–Crippen LogP) is 5.20. The first-order chi connectivity index (χ1) is 24.3. The third-order valence-corrected chi connectivity index (χ3v) is 8.82. The molecule has 50 heavy (non-hydrogen) atoms. The molecule has 2 aromatic rings. The van der Waals surface area contributed by atoms with Gasteiger partial charge in [0.1, 0.15) is 24.9 Å². The summed E-state index contributed by atoms with van der Waals surface area (Å²) in [6, 6.07) is 13.9. The molecule has 2 aliphatic rings. The van der Waals surface area contributed by atoms with Gasteiger partial charge in [-0.15, -0.1) is 0 Å². The van der Waals surface area contributed by atoms with Gasteiger partial charge in [0.05, 0.1) is 25.0 Å². The number of carbonyl (C=O) groups is 3. The van der Waals surface area contributed by atoms with Gasteiger partial charge in [-0.05, 0) is 54.3 Å². The fourth-order valence-corrected chi connectivity index (χ4v) is 6.26. The van der Waals surface area contributed by atoms with Crippen LogP contribution in [0.5, 0.6) is 0 Å². The molecular formula is C39H52N2O9. The zero-order chi connectivity index (χ0) is 35.8. The number of hydrogen-bond acceptors (Lipinski definition) is 9. The Hall–Kier alpha value is -4.03. The van der Waals surface area contributed by atoms with Crippen LogP contribution in [0.4, 0.5) is 0 Å². The van der Waals surface area contributed by atoms with Crippen molar-refractivity contribution >= 4 is 23.9 Å². The lowest BCUT2D eigenvalue weighted by molar-refractivity contribution is -0.190. The topological polar surface area (TPSA) is 153 Å². The number of nitrogens with one attached hydrogen (secondary N) is 2. The second kappa shape index (κ2) is 20.0. The van der Waals surface area contributed by atoms with Gasteiger partial charge in [-0.1, -0.05) is 69.9 Å². The highest BCUT2D eigenvalue weighted by molar-refractivity contribution is 5.96. The quantitative estimate of drug-likeness (QED) is 0.0834. The number of benzene rings is 2. The fourth-order valence-electron chi connectivity index (χ4n) is 6.26. The second-order valence-electron chi connectivity index (χ2n) is 12.7. The molecule has 2 aromatic carbocycles. The molecule has 1 heterocycles. The summed E-state index contributed by atoms with van der Waals surface area (Å²) in [5.74, 6) is -2.05. The molecule has 0 spiro atoms. The van der Waals surface area contributed by atoms with Gasteiger partial charge < -0.3 is 39.8 Å². The summed E-state index contributed by atoms with van der Waals surface area (Å²) in [4.78, 5) is 39.8. The lowest BCUT2D eigenvalue weighted by Crippen LogP contribution is -2.43. The first-order valence-corrected chi connectivity index (χ1v) is 17.8. The van der Waals surface area contributed by atoms with E-state index in [1.165, 1.54) is 6.26 Å². The van der Waals surface area contributed by atoms with Crippen LogP contribution >= 0.6 is 0 Å². The monoisotopic (exact) mass is 692 g/mol. The number of ether oxygens (including phenoxy) is 4. The largest absolute Gasteiger partial charge is 0.499 e. The molecule has 0 radical (unpaired) electrons. The Morgan fingerprint density at radius 3 is 2.40 bits per heavy atom. The van der Waals surface area contributed by atoms with Crippen LogP contribution in [-0.4, -0.2) is 78.5 Å². The van der Waals surface area contributed by atoms with Crippen molar-refractivity contribution in [3.05, 3.63) is 88.7 Å². The van der Waals surface area contributed by atoms with Crippen LogP contribution < -0.4 is 10.6 Å². The second-order valence-corrected chi connectivity index (χ2v) is 12.7. The van der Waals surface area contributed by atoms with Gasteiger partial charge in [0.25, 0.3) is 5.91 Å². The van der Waals surface area contributed by atoms with Crippen molar-refractivity contribution in [3.8, 4) is 0 Å². The van der Waals surface area contributed by atoms with Crippen LogP contribution in [0.2, 0.25) is 0 Å². The molecule has 11 nitrogen and oxygen atoms in total. The van der Waals surface area contributed by atoms with Gasteiger partial charge in [0, 0.05) is 43.5 Å². The number of hydrogen-bond donors (Lipinski definition) is 4. The summed E-state index contributed by atoms with van der Waals surface area (Å²) < 4.78 is 24.9. The number of carbonyl (C=O) groups excluding carboxylic acids is 3. The van der Waals surface area contributed by atoms with E-state index in [1.807, 2.05) is 6.07 Å². The van der Waals surface area contributed by atoms with E-state index in [4.69, 9.17) is 29.2 Å². The average Bonchev–Trinajstić information content (AvgIpc) is 3.50. The molecule has 2 amide bonds. The van der Waals surface area contributed by atoms with Crippen LogP contribution in [0, 0.1) is 0 Å². The van der Waals surface area contributed by atoms with E-state index < -0.39 is 30.1 Å². The zero-order valence-electron chi connectivity index (χ0n) is 29.2. The van der Waals surface area contributed by atoms with Gasteiger partial charge in [-0.2, -0.15) is 0 Å². The van der Waals surface area contributed by atoms with Crippen molar-refractivity contribution in [2.75, 3.05) is 26.4 Å². The molecule has 272 valence electrons. The SMILES string of the molecule is CCCCCC1(CCCCC)OC2C=C(C(=O)NCc3cccc(C(=O)NCCO)c3)CC(OC(=O)c3ccccc3C=COCCO)C2O1. The minimum absolute atomic E-state index is 0.128. The first kappa shape index (κ1) is 38.8. The van der Waals surface area contributed by atoms with Crippen molar-refractivity contribution in [2.45, 2.75) is 102 Å². The first-order valence-electron chi connectivity index (χ1n) is 17.8. The Bertz CT molecular complexity index is 1460. The Morgan fingerprint density at radius 1 is 0.920 bits per heavy atom. The van der Waals surface area contributed by atoms with Crippen LogP contribution in [-0.2, 0) is 30.3 Å². The highest BCUT2D eigenvalue weighted by Crippen LogP contribution is 2.43. The summed E-state index contributed by atoms with van der Waals surface area (Å²) >= 11 is 0. The zero-order valence-corrected chi connectivity index (χ0v) is 29.2. The number of unbranched alkanes of at least 4 members (excludes halogenated alkanes) is 4. The Morgan fingerprint density at radius 2 is 1.68 bits per heavy atom. The van der Waals surface area contributed by atoms with Crippen LogP contribution in [0.15, 0.2) is 66.4 Å². The minimum atomic E-state index is -0.839. The molecule has 4 rings (SSSR count). The third kappa shape index (κ3) is 11.0. The normalized spacial score (nSPS) is 19.4. The molecule has 0 aromatic heterocycles. The number of fused-ring (bicyclic) bond motifs is 1. The number of aliphatic hydroxyl groups is 2. The summed E-state index contributed by atoms with van der Waals surface area (Å²) in [5.41, 5.74) is 2.48. The van der Waals surface area contributed by atoms with Crippen molar-refractivity contribution in [1.82, 2.24) is 10.6 Å². The lowest BCUT2D eigenvalue weighted by Gasteiger charge is -2.31. The molecule has 3 atom stereocenters. The third-order valence-electron chi connectivity index (χ3n) is 8.82. The smallest absolute Gasteiger partial charge is 0.339 e. The average molecular weight is 693 g/mol. The lowest BCUT2D eigenvalue weighted by atomic mass is 9.91. The molecule has 1 aliphatic carbocycles. The minimum Gasteiger partial charge on any atom is -0.499 e. The Labute approximate surface area is 295 Å². The van der Waals surface area contributed by atoms with Gasteiger partial charge in [0.2, 0.25) is 5.91 Å². The molecule has 3 unspecified atom stereocenters. The molecule has 1 fully saturated rings. The summed E-state index contributed by atoms with van der Waals surface area (Å²) in [7, 11) is 0. The summed E-state index contributed by atoms with van der Waals surface area (Å²) in [6.07, 6.45) is 10.5. The summed E-state index contributed by atoms with van der Waals surface area (Å²) in [6.45, 7) is 4.46. The van der Waals surface area contributed by atoms with E-state index in [2.05, 4.69) is 24.5 Å². The van der Waals surface area contributed by atoms with Crippen LogP contribution in [0.25, 0.3) is 6.08 Å². The van der Waals surface area contributed by atoms with Gasteiger partial charge >= 0.3 is 5.97 Å². The Balaban J connectivity index is 1.56. The molecule has 1 aliphatic heterocycles. The maximum Gasteiger partial charge on any atom is 0.339 e. The van der Waals surface area contributed by atoms with Crippen molar-refractivity contribution in [2.24, 2.45) is 0 Å². The van der Waals surface area contributed by atoms with Gasteiger partial charge in [0.15, 0.2) is 5.79 Å². The number of esters is 1. The van der Waals surface area contributed by atoms with E-state index in [0.717, 1.165) is 44.1 Å². The van der Waals surface area contributed by atoms with Crippen molar-refractivity contribution in [1.29, 1.82) is 0 Å². The number of rotatable bonds is 20. The van der Waals surface area contributed by atoms with E-state index in [9.17, 15) is 14.4 Å². The van der Waals surface area contributed by atoms with Gasteiger partial charge in [-0.25, -0.2) is 4.79 Å². The maximum absolute atomic E-state index is 13.7. The molecule has 0 saturated carbocycles. The highest BCUT2D eigenvalue weighted by Gasteiger charge is 2.52. The molecular weight excluding hydrogens is 640 g/mol. The van der Waals surface area contributed by atoms with Crippen LogP contribution in [0.1, 0.15) is 103 Å². The Kier molecular flexibility index (Phi) is 15.5. The van der Waals surface area contributed by atoms with Gasteiger partial charge in [-0.3, -0.25) is 9.59 Å². The molecule has 0 bridgehead atoms. The molecule has 11 heteroatoms. The van der Waals surface area contributed by atoms with Crippen molar-refractivity contribution < 1.29 is 43.5 Å². The van der Waals surface area contributed by atoms with E-state index in [-0.39, 0.29) is 51.1 Å². The van der Waals surface area contributed by atoms with E-state index >= 15 is 0 Å². The predicted molar refractivity (Wildman–Crippen MR) is 189 cm³/mol. The molecule has 4 N–H and O–H groups in total. The highest BCUT2D eigenvalue weighted by atomic mass is 16.8.